The molecule has 0 N–H and O–H groups in total. The number of hydrogen-bond acceptors (Lipinski definition) is 4. The summed E-state index contributed by atoms with van der Waals surface area (Å²) >= 11 is 6.00. The van der Waals surface area contributed by atoms with E-state index >= 15 is 0 Å². The molecule has 4 nitrogen and oxygen atoms in total. The molecule has 2 aliphatic rings. The fraction of sp³-hybridized carbons (Fsp3) is 0.500. The highest BCUT2D eigenvalue weighted by atomic mass is 32.1. The number of nitrogens with zero attached hydrogens (tertiary/aromatic N) is 1. The Balaban J connectivity index is 1.95. The Morgan fingerprint density at radius 3 is 2.39 bits per heavy atom. The Labute approximate surface area is 175 Å². The van der Waals surface area contributed by atoms with E-state index in [0.29, 0.717) is 13.2 Å². The molecule has 2 atom stereocenters. The van der Waals surface area contributed by atoms with Gasteiger partial charge >= 0.3 is 0 Å². The van der Waals surface area contributed by atoms with Gasteiger partial charge in [-0.05, 0) is 42.3 Å². The first kappa shape index (κ1) is 21.2. The summed E-state index contributed by atoms with van der Waals surface area (Å²) in [4.78, 5) is 3.20. The molecule has 6 heteroatoms. The van der Waals surface area contributed by atoms with Crippen LogP contribution in [0.3, 0.4) is 0 Å². The van der Waals surface area contributed by atoms with Gasteiger partial charge in [0.1, 0.15) is 16.8 Å². The highest BCUT2D eigenvalue weighted by Gasteiger charge is 2.44. The zero-order chi connectivity index (χ0) is 20.7. The fourth-order valence-corrected chi connectivity index (χ4v) is 6.32. The van der Waals surface area contributed by atoms with E-state index in [4.69, 9.17) is 26.4 Å². The summed E-state index contributed by atoms with van der Waals surface area (Å²) in [6.45, 7) is 16.5. The van der Waals surface area contributed by atoms with Crippen LogP contribution < -0.4 is 4.74 Å². The molecule has 0 aliphatic carbocycles. The summed E-state index contributed by atoms with van der Waals surface area (Å²) in [7, 11) is 0.0724. The monoisotopic (exact) mass is 417 g/mol. The first-order valence-electron chi connectivity index (χ1n) is 9.68. The Bertz CT molecular complexity index is 795. The van der Waals surface area contributed by atoms with Crippen LogP contribution in [0.5, 0.6) is 5.75 Å². The molecular weight excluding hydrogens is 386 g/mol. The number of thiocarbonyl (C=S) groups is 1. The van der Waals surface area contributed by atoms with Crippen molar-refractivity contribution in [3.8, 4) is 5.75 Å². The Kier molecular flexibility index (Phi) is 5.88. The van der Waals surface area contributed by atoms with Crippen molar-refractivity contribution in [3.05, 3.63) is 53.3 Å². The van der Waals surface area contributed by atoms with E-state index in [2.05, 4.69) is 49.3 Å². The lowest BCUT2D eigenvalue weighted by Crippen LogP contribution is -2.53. The summed E-state index contributed by atoms with van der Waals surface area (Å²) in [5.74, 6) is 0.268. The van der Waals surface area contributed by atoms with Gasteiger partial charge in [0, 0.05) is 6.54 Å². The van der Waals surface area contributed by atoms with Gasteiger partial charge in [-0.15, -0.1) is 0 Å². The average Bonchev–Trinajstić information content (AvgIpc) is 2.97. The van der Waals surface area contributed by atoms with Gasteiger partial charge in [-0.25, -0.2) is 0 Å². The van der Waals surface area contributed by atoms with E-state index in [1.54, 1.807) is 7.11 Å². The lowest BCUT2D eigenvalue weighted by Gasteiger charge is -2.43. The topological polar surface area (TPSA) is 30.9 Å². The third kappa shape index (κ3) is 4.40. The zero-order valence-electron chi connectivity index (χ0n) is 17.7. The molecule has 152 valence electrons. The first-order chi connectivity index (χ1) is 13.0. The van der Waals surface area contributed by atoms with Crippen molar-refractivity contribution >= 4 is 25.3 Å². The maximum absolute atomic E-state index is 6.21. The molecule has 0 saturated carbocycles. The molecule has 0 spiro atoms. The van der Waals surface area contributed by atoms with Crippen molar-refractivity contribution in [2.75, 3.05) is 13.7 Å². The average molecular weight is 418 g/mol. The largest absolute Gasteiger partial charge is 0.497 e. The quantitative estimate of drug-likeness (QED) is 0.511. The number of hydrogen-bond donors (Lipinski definition) is 0. The number of ether oxygens (including phenoxy) is 3. The van der Waals surface area contributed by atoms with E-state index < -0.39 is 13.9 Å². The summed E-state index contributed by atoms with van der Waals surface area (Å²) in [6.07, 6.45) is 2.11. The molecule has 0 bridgehead atoms. The van der Waals surface area contributed by atoms with Crippen LogP contribution in [-0.4, -0.2) is 49.6 Å². The predicted octanol–water partition coefficient (Wildman–Crippen LogP) is 4.72. The Hall–Kier alpha value is -1.47. The molecule has 2 aliphatic heterocycles. The lowest BCUT2D eigenvalue weighted by molar-refractivity contribution is -0.142. The Morgan fingerprint density at radius 1 is 1.25 bits per heavy atom. The highest BCUT2D eigenvalue weighted by Crippen LogP contribution is 2.36. The number of benzene rings is 1. The van der Waals surface area contributed by atoms with Gasteiger partial charge in [-0.2, -0.15) is 0 Å². The van der Waals surface area contributed by atoms with E-state index in [9.17, 15) is 0 Å². The van der Waals surface area contributed by atoms with Crippen LogP contribution in [0.1, 0.15) is 19.4 Å². The van der Waals surface area contributed by atoms with Gasteiger partial charge in [0.15, 0.2) is 5.79 Å². The van der Waals surface area contributed by atoms with Crippen molar-refractivity contribution < 1.29 is 14.2 Å². The fourth-order valence-electron chi connectivity index (χ4n) is 3.76. The molecular formula is C22H31NO3SSi. The van der Waals surface area contributed by atoms with Crippen LogP contribution in [0.4, 0.5) is 0 Å². The molecule has 1 saturated heterocycles. The summed E-state index contributed by atoms with van der Waals surface area (Å²) in [5.41, 5.74) is 2.22. The predicted molar refractivity (Wildman–Crippen MR) is 120 cm³/mol. The van der Waals surface area contributed by atoms with Gasteiger partial charge in [-0.1, -0.05) is 56.6 Å². The van der Waals surface area contributed by atoms with Crippen LogP contribution in [0.2, 0.25) is 19.6 Å². The molecule has 2 heterocycles. The molecule has 0 amide bonds. The minimum Gasteiger partial charge on any atom is -0.497 e. The third-order valence-corrected chi connectivity index (χ3v) is 7.87. The molecule has 1 aromatic rings. The van der Waals surface area contributed by atoms with E-state index in [1.807, 2.05) is 26.0 Å². The van der Waals surface area contributed by atoms with Crippen LogP contribution in [0.25, 0.3) is 0 Å². The second-order valence-electron chi connectivity index (χ2n) is 8.98. The molecule has 0 aromatic heterocycles. The van der Waals surface area contributed by atoms with Gasteiger partial charge in [0.25, 0.3) is 0 Å². The SMILES string of the molecule is C=C1C=C([Si](C)(C)C)C(=S)N(Cc2ccc(OC)cc2)C1[C@H]1COC(C)(C)O1. The second-order valence-corrected chi connectivity index (χ2v) is 14.4. The Morgan fingerprint density at radius 2 is 1.89 bits per heavy atom. The van der Waals surface area contributed by atoms with Crippen molar-refractivity contribution in [2.45, 2.75) is 58.0 Å². The van der Waals surface area contributed by atoms with Gasteiger partial charge in [0.2, 0.25) is 0 Å². The van der Waals surface area contributed by atoms with Crippen molar-refractivity contribution in [2.24, 2.45) is 0 Å². The second kappa shape index (κ2) is 7.75. The minimum atomic E-state index is -1.61. The summed E-state index contributed by atoms with van der Waals surface area (Å²) in [5, 5.41) is 1.27. The number of methoxy groups -OCH3 is 1. The molecule has 28 heavy (non-hydrogen) atoms. The van der Waals surface area contributed by atoms with Crippen LogP contribution >= 0.6 is 12.2 Å². The third-order valence-electron chi connectivity index (χ3n) is 5.24. The van der Waals surface area contributed by atoms with Crippen LogP contribution in [0.15, 0.2) is 47.7 Å². The van der Waals surface area contributed by atoms with E-state index in [1.165, 1.54) is 10.8 Å². The van der Waals surface area contributed by atoms with E-state index in [-0.39, 0.29) is 12.1 Å². The lowest BCUT2D eigenvalue weighted by atomic mass is 9.96. The van der Waals surface area contributed by atoms with Gasteiger partial charge < -0.3 is 19.1 Å². The van der Waals surface area contributed by atoms with Gasteiger partial charge in [-0.3, -0.25) is 0 Å². The number of rotatable bonds is 5. The normalized spacial score (nSPS) is 25.1. The molecule has 1 fully saturated rings. The van der Waals surface area contributed by atoms with Gasteiger partial charge in [0.05, 0.1) is 27.8 Å². The summed E-state index contributed by atoms with van der Waals surface area (Å²) < 4.78 is 17.4. The maximum Gasteiger partial charge on any atom is 0.163 e. The first-order valence-corrected chi connectivity index (χ1v) is 13.6. The minimum absolute atomic E-state index is 0.0310. The molecule has 3 rings (SSSR count). The highest BCUT2D eigenvalue weighted by molar-refractivity contribution is 7.81. The van der Waals surface area contributed by atoms with Crippen molar-refractivity contribution in [1.82, 2.24) is 4.90 Å². The molecule has 0 radical (unpaired) electrons. The van der Waals surface area contributed by atoms with Crippen molar-refractivity contribution in [3.63, 3.8) is 0 Å². The van der Waals surface area contributed by atoms with Crippen LogP contribution in [0, 0.1) is 0 Å². The standard InChI is InChI=1S/C22H31NO3SSi/c1-15-12-19(28(5,6)7)21(27)23(13-16-8-10-17(24-4)11-9-16)20(15)18-14-25-22(2,3)26-18/h8-12,18,20H,1,13-14H2,2-7H3/t18-,20?/m1/s1. The smallest absolute Gasteiger partial charge is 0.163 e. The zero-order valence-corrected chi connectivity index (χ0v) is 19.6. The molecule has 1 unspecified atom stereocenters. The van der Waals surface area contributed by atoms with Crippen molar-refractivity contribution in [1.29, 1.82) is 0 Å². The van der Waals surface area contributed by atoms with E-state index in [0.717, 1.165) is 16.3 Å². The van der Waals surface area contributed by atoms with Crippen LogP contribution in [-0.2, 0) is 16.0 Å². The summed E-state index contributed by atoms with van der Waals surface area (Å²) in [6, 6.07) is 8.11. The maximum atomic E-state index is 6.21. The molecule has 1 aromatic carbocycles.